The summed E-state index contributed by atoms with van der Waals surface area (Å²) in [6, 6.07) is 7.23. The first kappa shape index (κ1) is 20.8. The van der Waals surface area contributed by atoms with Crippen LogP contribution < -0.4 is 10.1 Å². The van der Waals surface area contributed by atoms with Crippen molar-refractivity contribution >= 4 is 11.8 Å². The van der Waals surface area contributed by atoms with Gasteiger partial charge in [-0.3, -0.25) is 4.79 Å². The molecule has 3 aromatic heterocycles. The Hall–Kier alpha value is -3.49. The highest BCUT2D eigenvalue weighted by Crippen LogP contribution is 2.23. The number of carboxylic acid groups (broad SMARTS) is 1. The molecule has 2 N–H and O–H groups in total. The minimum atomic E-state index is -0.924. The molecule has 0 unspecified atom stereocenters. The second kappa shape index (κ2) is 9.55. The van der Waals surface area contributed by atoms with Crippen LogP contribution in [0.15, 0.2) is 36.7 Å². The fourth-order valence-electron chi connectivity index (χ4n) is 3.74. The van der Waals surface area contributed by atoms with Gasteiger partial charge < -0.3 is 15.2 Å². The molecule has 162 valence electrons. The lowest BCUT2D eigenvalue weighted by molar-refractivity contribution is -0.137. The molecule has 0 amide bonds. The summed E-state index contributed by atoms with van der Waals surface area (Å²) in [4.78, 5) is 21.8. The predicted molar refractivity (Wildman–Crippen MR) is 114 cm³/mol. The van der Waals surface area contributed by atoms with Gasteiger partial charge in [0, 0.05) is 24.5 Å². The van der Waals surface area contributed by atoms with Crippen molar-refractivity contribution in [2.45, 2.75) is 44.6 Å². The first-order chi connectivity index (χ1) is 15.1. The summed E-state index contributed by atoms with van der Waals surface area (Å²) in [5, 5.41) is 21.6. The monoisotopic (exact) mass is 422 g/mol. The summed E-state index contributed by atoms with van der Waals surface area (Å²) in [6.07, 6.45) is 7.89. The number of nitrogens with one attached hydrogen (secondary N) is 1. The fourth-order valence-corrected chi connectivity index (χ4v) is 3.74. The first-order valence-corrected chi connectivity index (χ1v) is 10.5. The van der Waals surface area contributed by atoms with Gasteiger partial charge in [-0.05, 0) is 55.4 Å². The molecule has 3 aromatic rings. The SMILES string of the molecule is COc1ccc([C@@H](CC(=O)O)n2ncc(CCCc3ccc4c(n3)NCCC4)n2)cn1. The topological polar surface area (TPSA) is 115 Å². The molecule has 4 heterocycles. The minimum Gasteiger partial charge on any atom is -0.481 e. The maximum atomic E-state index is 11.4. The highest BCUT2D eigenvalue weighted by atomic mass is 16.5. The van der Waals surface area contributed by atoms with E-state index in [0.29, 0.717) is 5.88 Å². The molecule has 31 heavy (non-hydrogen) atoms. The molecule has 0 aromatic carbocycles. The first-order valence-electron chi connectivity index (χ1n) is 10.5. The van der Waals surface area contributed by atoms with Crippen LogP contribution in [0.5, 0.6) is 5.88 Å². The lowest BCUT2D eigenvalue weighted by Gasteiger charge is -2.17. The van der Waals surface area contributed by atoms with Crippen molar-refractivity contribution in [1.29, 1.82) is 0 Å². The van der Waals surface area contributed by atoms with Crippen LogP contribution in [-0.2, 0) is 24.1 Å². The van der Waals surface area contributed by atoms with Gasteiger partial charge in [0.05, 0.1) is 25.4 Å². The van der Waals surface area contributed by atoms with Crippen molar-refractivity contribution in [3.8, 4) is 5.88 Å². The molecule has 9 heteroatoms. The second-order valence-electron chi connectivity index (χ2n) is 7.60. The van der Waals surface area contributed by atoms with E-state index in [9.17, 15) is 9.90 Å². The molecule has 0 radical (unpaired) electrons. The molecule has 0 fully saturated rings. The molecule has 1 atom stereocenters. The number of carboxylic acids is 1. The molecular formula is C22H26N6O3. The average Bonchev–Trinajstić information content (AvgIpc) is 3.26. The molecule has 9 nitrogen and oxygen atoms in total. The van der Waals surface area contributed by atoms with Gasteiger partial charge in [-0.15, -0.1) is 0 Å². The van der Waals surface area contributed by atoms with E-state index in [4.69, 9.17) is 9.72 Å². The Balaban J connectivity index is 1.40. The summed E-state index contributed by atoms with van der Waals surface area (Å²) in [5.41, 5.74) is 3.90. The molecule has 0 saturated carbocycles. The van der Waals surface area contributed by atoms with E-state index in [2.05, 4.69) is 32.6 Å². The number of hydrogen-bond acceptors (Lipinski definition) is 7. The van der Waals surface area contributed by atoms with Crippen LogP contribution in [-0.4, -0.2) is 49.7 Å². The van der Waals surface area contributed by atoms with Crippen molar-refractivity contribution in [2.24, 2.45) is 0 Å². The molecule has 0 spiro atoms. The Kier molecular flexibility index (Phi) is 6.40. The number of aromatic nitrogens is 5. The summed E-state index contributed by atoms with van der Waals surface area (Å²) in [7, 11) is 1.54. The Morgan fingerprint density at radius 2 is 2.10 bits per heavy atom. The number of rotatable bonds is 9. The number of methoxy groups -OCH3 is 1. The van der Waals surface area contributed by atoms with Crippen LogP contribution in [0, 0.1) is 0 Å². The van der Waals surface area contributed by atoms with E-state index in [1.807, 2.05) is 0 Å². The summed E-state index contributed by atoms with van der Waals surface area (Å²) >= 11 is 0. The molecule has 1 aliphatic heterocycles. The third-order valence-corrected chi connectivity index (χ3v) is 5.37. The average molecular weight is 422 g/mol. The maximum Gasteiger partial charge on any atom is 0.305 e. The Labute approximate surface area is 180 Å². The van der Waals surface area contributed by atoms with E-state index >= 15 is 0 Å². The quantitative estimate of drug-likeness (QED) is 0.541. The normalized spacial score (nSPS) is 13.8. The van der Waals surface area contributed by atoms with Gasteiger partial charge in [-0.25, -0.2) is 9.97 Å². The van der Waals surface area contributed by atoms with E-state index in [1.165, 1.54) is 17.5 Å². The molecule has 0 aliphatic carbocycles. The van der Waals surface area contributed by atoms with Crippen molar-refractivity contribution < 1.29 is 14.6 Å². The second-order valence-corrected chi connectivity index (χ2v) is 7.60. The highest BCUT2D eigenvalue weighted by molar-refractivity contribution is 5.68. The van der Waals surface area contributed by atoms with Gasteiger partial charge in [0.1, 0.15) is 11.9 Å². The van der Waals surface area contributed by atoms with E-state index in [0.717, 1.165) is 61.4 Å². The molecule has 4 rings (SSSR count). The molecule has 0 saturated heterocycles. The van der Waals surface area contributed by atoms with Crippen LogP contribution in [0.3, 0.4) is 0 Å². The van der Waals surface area contributed by atoms with Crippen LogP contribution in [0.1, 0.15) is 47.8 Å². The zero-order chi connectivity index (χ0) is 21.6. The number of carbonyl (C=O) groups is 1. The fraction of sp³-hybridized carbons (Fsp3) is 0.409. The third-order valence-electron chi connectivity index (χ3n) is 5.37. The van der Waals surface area contributed by atoms with Crippen molar-refractivity contribution in [3.05, 3.63) is 59.2 Å². The molecule has 1 aliphatic rings. The van der Waals surface area contributed by atoms with E-state index in [1.54, 1.807) is 24.5 Å². The number of hydrogen-bond donors (Lipinski definition) is 2. The number of anilines is 1. The van der Waals surface area contributed by atoms with Gasteiger partial charge in [0.15, 0.2) is 0 Å². The molecular weight excluding hydrogens is 396 g/mol. The van der Waals surface area contributed by atoms with Crippen LogP contribution >= 0.6 is 0 Å². The largest absolute Gasteiger partial charge is 0.481 e. The number of aliphatic carboxylic acids is 1. The van der Waals surface area contributed by atoms with E-state index < -0.39 is 12.0 Å². The lowest BCUT2D eigenvalue weighted by Crippen LogP contribution is -2.18. The minimum absolute atomic E-state index is 0.131. The number of nitrogens with zero attached hydrogens (tertiary/aromatic N) is 5. The number of pyridine rings is 2. The number of ether oxygens (including phenoxy) is 1. The Bertz CT molecular complexity index is 1030. The zero-order valence-corrected chi connectivity index (χ0v) is 17.5. The van der Waals surface area contributed by atoms with E-state index in [-0.39, 0.29) is 6.42 Å². The molecule has 0 bridgehead atoms. The van der Waals surface area contributed by atoms with Gasteiger partial charge in [-0.1, -0.05) is 6.07 Å². The maximum absolute atomic E-state index is 11.4. The van der Waals surface area contributed by atoms with Crippen molar-refractivity contribution in [1.82, 2.24) is 25.0 Å². The Morgan fingerprint density at radius 1 is 1.23 bits per heavy atom. The van der Waals surface area contributed by atoms with Crippen LogP contribution in [0.4, 0.5) is 5.82 Å². The summed E-state index contributed by atoms with van der Waals surface area (Å²) in [6.45, 7) is 0.980. The summed E-state index contributed by atoms with van der Waals surface area (Å²) < 4.78 is 5.08. The van der Waals surface area contributed by atoms with Gasteiger partial charge >= 0.3 is 5.97 Å². The lowest BCUT2D eigenvalue weighted by atomic mass is 10.1. The standard InChI is InChI=1S/C22H26N6O3/c1-31-20-10-8-16(13-24-20)19(12-21(29)30)28-25-14-18(27-28)6-2-5-17-9-7-15-4-3-11-23-22(15)26-17/h7-10,13-14,19H,2-6,11-12H2,1H3,(H,23,26)(H,29,30)/t19-/m1/s1. The van der Waals surface area contributed by atoms with Crippen molar-refractivity contribution in [3.63, 3.8) is 0 Å². The zero-order valence-electron chi connectivity index (χ0n) is 17.5. The third kappa shape index (κ3) is 5.17. The predicted octanol–water partition coefficient (Wildman–Crippen LogP) is 2.67. The van der Waals surface area contributed by atoms with Crippen molar-refractivity contribution in [2.75, 3.05) is 19.0 Å². The van der Waals surface area contributed by atoms with Crippen LogP contribution in [0.25, 0.3) is 0 Å². The van der Waals surface area contributed by atoms with Gasteiger partial charge in [0.2, 0.25) is 5.88 Å². The van der Waals surface area contributed by atoms with Gasteiger partial charge in [-0.2, -0.15) is 15.0 Å². The van der Waals surface area contributed by atoms with Crippen LogP contribution in [0.2, 0.25) is 0 Å². The highest BCUT2D eigenvalue weighted by Gasteiger charge is 2.21. The number of fused-ring (bicyclic) bond motifs is 1. The smallest absolute Gasteiger partial charge is 0.305 e. The Morgan fingerprint density at radius 3 is 2.87 bits per heavy atom. The summed E-state index contributed by atoms with van der Waals surface area (Å²) in [5.74, 6) is 0.559. The van der Waals surface area contributed by atoms with Gasteiger partial charge in [0.25, 0.3) is 0 Å². The number of aryl methyl sites for hydroxylation is 3.